The number of carbonyl (C=O) groups is 1. The summed E-state index contributed by atoms with van der Waals surface area (Å²) in [5, 5.41) is 0. The Labute approximate surface area is 133 Å². The van der Waals surface area contributed by atoms with Crippen molar-refractivity contribution in [3.63, 3.8) is 0 Å². The van der Waals surface area contributed by atoms with Crippen molar-refractivity contribution in [2.75, 3.05) is 0 Å². The molecule has 1 aliphatic carbocycles. The van der Waals surface area contributed by atoms with Crippen LogP contribution in [0, 0.1) is 0 Å². The molecule has 0 heterocycles. The summed E-state index contributed by atoms with van der Waals surface area (Å²) in [4.78, 5) is 15.8. The Hall–Kier alpha value is -2.19. The van der Waals surface area contributed by atoms with Crippen LogP contribution in [0.15, 0.2) is 93.8 Å². The van der Waals surface area contributed by atoms with Gasteiger partial charge < -0.3 is 0 Å². The zero-order chi connectivity index (χ0) is 15.5. The van der Waals surface area contributed by atoms with E-state index in [2.05, 4.69) is 48.5 Å². The molecule has 2 aromatic carbocycles. The number of hydrogen-bond donors (Lipinski definition) is 0. The number of rotatable bonds is 2. The second kappa shape index (κ2) is 6.29. The molecule has 0 aliphatic heterocycles. The summed E-state index contributed by atoms with van der Waals surface area (Å²) in [5.41, 5.74) is 1.64. The van der Waals surface area contributed by atoms with E-state index in [4.69, 9.17) is 0 Å². The maximum atomic E-state index is 12.0. The molecule has 2 heteroatoms. The highest BCUT2D eigenvalue weighted by Crippen LogP contribution is 2.38. The number of ketones is 1. The van der Waals surface area contributed by atoms with E-state index >= 15 is 0 Å². The zero-order valence-corrected chi connectivity index (χ0v) is 13.6. The fourth-order valence-corrected chi connectivity index (χ4v) is 4.81. The molecule has 110 valence electrons. The Kier molecular flexibility index (Phi) is 4.21. The minimum atomic E-state index is -0.182. The highest BCUT2D eigenvalue weighted by molar-refractivity contribution is 8.16. The van der Waals surface area contributed by atoms with Crippen molar-refractivity contribution >= 4 is 21.1 Å². The molecule has 0 amide bonds. The van der Waals surface area contributed by atoms with E-state index in [1.807, 2.05) is 38.1 Å². The smallest absolute Gasteiger partial charge is 0.184 e. The monoisotopic (exact) mass is 306 g/mol. The number of Topliss-reactive ketones (excluding diaryl/α,β-unsaturated/α-hetero) is 1. The average Bonchev–Trinajstić information content (AvgIpc) is 2.55. The van der Waals surface area contributed by atoms with Crippen LogP contribution in [0.3, 0.4) is 0 Å². The third-order valence-corrected chi connectivity index (χ3v) is 5.82. The number of carbonyl (C=O) groups excluding carboxylic acids is 1. The lowest BCUT2D eigenvalue weighted by atomic mass is 9.99. The predicted octanol–water partition coefficient (Wildman–Crippen LogP) is 5.02. The predicted molar refractivity (Wildman–Crippen MR) is 94.5 cm³/mol. The van der Waals surface area contributed by atoms with Gasteiger partial charge in [0.2, 0.25) is 0 Å². The highest BCUT2D eigenvalue weighted by Gasteiger charge is 2.16. The Morgan fingerprint density at radius 3 is 1.50 bits per heavy atom. The van der Waals surface area contributed by atoms with Crippen molar-refractivity contribution in [3.8, 4) is 0 Å². The molecule has 0 aromatic heterocycles. The van der Waals surface area contributed by atoms with Crippen LogP contribution in [0.5, 0.6) is 0 Å². The summed E-state index contributed by atoms with van der Waals surface area (Å²) in [6.45, 7) is 3.80. The van der Waals surface area contributed by atoms with E-state index in [0.717, 1.165) is 11.1 Å². The third-order valence-electron chi connectivity index (χ3n) is 3.63. The number of allylic oxidation sites excluding steroid dienone is 4. The largest absolute Gasteiger partial charge is 0.289 e. The molecule has 3 rings (SSSR count). The SMILES string of the molecule is CC1=CC(=S(c2ccccc2)c2ccccc2)C=C(C)C1=O. The highest BCUT2D eigenvalue weighted by atomic mass is 32.2. The molecule has 0 N–H and O–H groups in total. The molecule has 0 atom stereocenters. The van der Waals surface area contributed by atoms with Gasteiger partial charge >= 0.3 is 0 Å². The van der Waals surface area contributed by atoms with E-state index in [1.54, 1.807) is 0 Å². The second-order valence-electron chi connectivity index (χ2n) is 5.32. The second-order valence-corrected chi connectivity index (χ2v) is 7.35. The molecular formula is C20H18OS. The summed E-state index contributed by atoms with van der Waals surface area (Å²) in [5.74, 6) is 0.147. The minimum Gasteiger partial charge on any atom is -0.289 e. The van der Waals surface area contributed by atoms with Crippen molar-refractivity contribution in [2.45, 2.75) is 23.6 Å². The first-order valence-electron chi connectivity index (χ1n) is 7.29. The normalized spacial score (nSPS) is 14.9. The quantitative estimate of drug-likeness (QED) is 0.712. The maximum absolute atomic E-state index is 12.0. The van der Waals surface area contributed by atoms with E-state index in [1.165, 1.54) is 14.7 Å². The summed E-state index contributed by atoms with van der Waals surface area (Å²) in [6.07, 6.45) is 4.08. The first kappa shape index (κ1) is 14.7. The summed E-state index contributed by atoms with van der Waals surface area (Å²) in [7, 11) is -0.182. The lowest BCUT2D eigenvalue weighted by Gasteiger charge is -2.17. The topological polar surface area (TPSA) is 17.1 Å². The van der Waals surface area contributed by atoms with Gasteiger partial charge in [-0.1, -0.05) is 36.4 Å². The van der Waals surface area contributed by atoms with Crippen molar-refractivity contribution in [1.82, 2.24) is 0 Å². The van der Waals surface area contributed by atoms with Gasteiger partial charge in [0.1, 0.15) is 0 Å². The van der Waals surface area contributed by atoms with Gasteiger partial charge in [-0.3, -0.25) is 4.79 Å². The molecule has 0 saturated heterocycles. The van der Waals surface area contributed by atoms with Crippen LogP contribution < -0.4 is 0 Å². The van der Waals surface area contributed by atoms with Crippen LogP contribution in [0.4, 0.5) is 0 Å². The third kappa shape index (κ3) is 2.88. The first-order valence-corrected chi connectivity index (χ1v) is 8.52. The number of benzene rings is 2. The van der Waals surface area contributed by atoms with E-state index in [9.17, 15) is 4.79 Å². The molecule has 0 saturated carbocycles. The van der Waals surface area contributed by atoms with E-state index < -0.39 is 0 Å². The van der Waals surface area contributed by atoms with Crippen molar-refractivity contribution in [2.24, 2.45) is 0 Å². The van der Waals surface area contributed by atoms with Crippen LogP contribution in [0.25, 0.3) is 0 Å². The molecule has 22 heavy (non-hydrogen) atoms. The molecule has 1 aliphatic rings. The van der Waals surface area contributed by atoms with Gasteiger partial charge in [0.05, 0.1) is 0 Å². The minimum absolute atomic E-state index is 0.147. The zero-order valence-electron chi connectivity index (χ0n) is 12.7. The summed E-state index contributed by atoms with van der Waals surface area (Å²) in [6, 6.07) is 21.0. The lowest BCUT2D eigenvalue weighted by molar-refractivity contribution is -0.112. The summed E-state index contributed by atoms with van der Waals surface area (Å²) < 4.78 is 0. The molecule has 0 spiro atoms. The molecule has 0 radical (unpaired) electrons. The Bertz CT molecular complexity index is 731. The van der Waals surface area contributed by atoms with Crippen molar-refractivity contribution in [3.05, 3.63) is 84.0 Å². The summed E-state index contributed by atoms with van der Waals surface area (Å²) >= 11 is 0. The average molecular weight is 306 g/mol. The van der Waals surface area contributed by atoms with Crippen LogP contribution in [0.1, 0.15) is 13.8 Å². The van der Waals surface area contributed by atoms with Gasteiger partial charge in [0.25, 0.3) is 0 Å². The number of hydrogen-bond acceptors (Lipinski definition) is 1. The Morgan fingerprint density at radius 1 is 0.682 bits per heavy atom. The molecular weight excluding hydrogens is 288 g/mol. The van der Waals surface area contributed by atoms with Gasteiger partial charge in [0, 0.05) is 14.7 Å². The standard InChI is InChI=1S/C20H18OS/c1-15-13-19(14-16(2)20(15)21)22(17-9-5-3-6-10-17)18-11-7-4-8-12-18/h3-14H,1-2H3. The lowest BCUT2D eigenvalue weighted by Crippen LogP contribution is -2.10. The van der Waals surface area contributed by atoms with E-state index in [0.29, 0.717) is 0 Å². The molecule has 0 unspecified atom stereocenters. The Morgan fingerprint density at radius 2 is 1.09 bits per heavy atom. The fraction of sp³-hybridized carbons (Fsp3) is 0.100. The molecule has 1 nitrogen and oxygen atoms in total. The van der Waals surface area contributed by atoms with Gasteiger partial charge in [-0.25, -0.2) is 0 Å². The van der Waals surface area contributed by atoms with Crippen molar-refractivity contribution < 1.29 is 4.79 Å². The Balaban J connectivity index is 2.27. The van der Waals surface area contributed by atoms with Gasteiger partial charge in [-0.2, -0.15) is 0 Å². The van der Waals surface area contributed by atoms with E-state index in [-0.39, 0.29) is 16.3 Å². The van der Waals surface area contributed by atoms with Crippen molar-refractivity contribution in [1.29, 1.82) is 0 Å². The van der Waals surface area contributed by atoms with Crippen LogP contribution in [0.2, 0.25) is 0 Å². The molecule has 0 fully saturated rings. The molecule has 2 aromatic rings. The first-order chi connectivity index (χ1) is 10.7. The maximum Gasteiger partial charge on any atom is 0.184 e. The van der Waals surface area contributed by atoms with Crippen LogP contribution in [-0.2, 0) is 4.79 Å². The van der Waals surface area contributed by atoms with Crippen LogP contribution in [-0.4, -0.2) is 10.6 Å². The van der Waals surface area contributed by atoms with Gasteiger partial charge in [0.15, 0.2) is 5.78 Å². The van der Waals surface area contributed by atoms with Gasteiger partial charge in [-0.15, -0.1) is 10.5 Å². The van der Waals surface area contributed by atoms with Crippen LogP contribution >= 0.6 is 10.5 Å². The van der Waals surface area contributed by atoms with Gasteiger partial charge in [-0.05, 0) is 61.4 Å². The molecule has 0 bridgehead atoms. The fourth-order valence-electron chi connectivity index (χ4n) is 2.55.